The highest BCUT2D eigenvalue weighted by atomic mass is 16.6. The van der Waals surface area contributed by atoms with Gasteiger partial charge in [-0.25, -0.2) is 0 Å². The minimum absolute atomic E-state index is 0.301. The lowest BCUT2D eigenvalue weighted by Crippen LogP contribution is -2.16. The zero-order chi connectivity index (χ0) is 15.6. The number of oxime groups is 1. The van der Waals surface area contributed by atoms with Gasteiger partial charge in [-0.1, -0.05) is 35.5 Å². The predicted octanol–water partition coefficient (Wildman–Crippen LogP) is 2.47. The molecule has 0 amide bonds. The van der Waals surface area contributed by atoms with Gasteiger partial charge in [0.2, 0.25) is 0 Å². The summed E-state index contributed by atoms with van der Waals surface area (Å²) in [5.41, 5.74) is 7.47. The molecule has 0 spiro atoms. The molecule has 0 heterocycles. The quantitative estimate of drug-likeness (QED) is 0.368. The summed E-state index contributed by atoms with van der Waals surface area (Å²) in [4.78, 5) is 5.12. The third-order valence-corrected chi connectivity index (χ3v) is 2.84. The first-order chi connectivity index (χ1) is 10.8. The third kappa shape index (κ3) is 5.17. The van der Waals surface area contributed by atoms with Crippen LogP contribution < -0.4 is 10.5 Å². The van der Waals surface area contributed by atoms with Gasteiger partial charge in [0.05, 0.1) is 11.6 Å². The van der Waals surface area contributed by atoms with Crippen molar-refractivity contribution < 1.29 is 9.57 Å². The van der Waals surface area contributed by atoms with E-state index in [0.717, 1.165) is 5.56 Å². The van der Waals surface area contributed by atoms with Gasteiger partial charge in [0.1, 0.15) is 18.2 Å². The number of nitrogens with zero attached hydrogens (tertiary/aromatic N) is 2. The van der Waals surface area contributed by atoms with Crippen molar-refractivity contribution in [3.63, 3.8) is 0 Å². The standard InChI is InChI=1S/C17H17N3O2/c18-13-15-6-8-16(9-7-15)21-10-11-22-20-17(19)12-14-4-2-1-3-5-14/h1-9H,10-12H2,(H2,19,20). The molecule has 2 aromatic carbocycles. The summed E-state index contributed by atoms with van der Waals surface area (Å²) >= 11 is 0. The Labute approximate surface area is 129 Å². The summed E-state index contributed by atoms with van der Waals surface area (Å²) in [5.74, 6) is 1.11. The molecule has 5 heteroatoms. The Kier molecular flexibility index (Phi) is 5.82. The Bertz CT molecular complexity index is 646. The average Bonchev–Trinajstić information content (AvgIpc) is 2.56. The molecule has 0 saturated heterocycles. The molecule has 0 fully saturated rings. The molecule has 0 saturated carbocycles. The van der Waals surface area contributed by atoms with Crippen LogP contribution in [0.2, 0.25) is 0 Å². The SMILES string of the molecule is N#Cc1ccc(OCCO/N=C(/N)Cc2ccccc2)cc1. The Balaban J connectivity index is 1.67. The summed E-state index contributed by atoms with van der Waals surface area (Å²) in [6.07, 6.45) is 0.553. The van der Waals surface area contributed by atoms with Gasteiger partial charge in [-0.05, 0) is 29.8 Å². The fraction of sp³-hybridized carbons (Fsp3) is 0.176. The Morgan fingerprint density at radius 3 is 2.45 bits per heavy atom. The lowest BCUT2D eigenvalue weighted by molar-refractivity contribution is 0.106. The van der Waals surface area contributed by atoms with Crippen LogP contribution in [0, 0.1) is 11.3 Å². The molecule has 0 atom stereocenters. The summed E-state index contributed by atoms with van der Waals surface area (Å²) in [5, 5.41) is 12.5. The van der Waals surface area contributed by atoms with E-state index in [1.165, 1.54) is 0 Å². The molecule has 0 aromatic heterocycles. The van der Waals surface area contributed by atoms with Crippen LogP contribution in [-0.2, 0) is 11.3 Å². The van der Waals surface area contributed by atoms with Gasteiger partial charge in [-0.15, -0.1) is 0 Å². The topological polar surface area (TPSA) is 80.6 Å². The van der Waals surface area contributed by atoms with Gasteiger partial charge >= 0.3 is 0 Å². The molecule has 0 bridgehead atoms. The van der Waals surface area contributed by atoms with E-state index in [1.54, 1.807) is 24.3 Å². The van der Waals surface area contributed by atoms with Crippen molar-refractivity contribution in [2.24, 2.45) is 10.9 Å². The van der Waals surface area contributed by atoms with E-state index in [2.05, 4.69) is 11.2 Å². The lowest BCUT2D eigenvalue weighted by Gasteiger charge is -2.06. The molecule has 0 unspecified atom stereocenters. The number of hydrogen-bond donors (Lipinski definition) is 1. The number of rotatable bonds is 7. The molecule has 0 aliphatic heterocycles. The first-order valence-corrected chi connectivity index (χ1v) is 6.89. The lowest BCUT2D eigenvalue weighted by atomic mass is 10.1. The van der Waals surface area contributed by atoms with Gasteiger partial charge in [0, 0.05) is 6.42 Å². The number of nitriles is 1. The van der Waals surface area contributed by atoms with Crippen molar-refractivity contribution in [3.8, 4) is 11.8 Å². The Morgan fingerprint density at radius 2 is 1.77 bits per heavy atom. The maximum atomic E-state index is 8.69. The van der Waals surface area contributed by atoms with Crippen molar-refractivity contribution in [3.05, 3.63) is 65.7 Å². The largest absolute Gasteiger partial charge is 0.490 e. The van der Waals surface area contributed by atoms with Crippen LogP contribution in [0.4, 0.5) is 0 Å². The molecule has 0 radical (unpaired) electrons. The van der Waals surface area contributed by atoms with Crippen LogP contribution in [0.5, 0.6) is 5.75 Å². The van der Waals surface area contributed by atoms with E-state index in [1.807, 2.05) is 30.3 Å². The molecule has 2 rings (SSSR count). The molecule has 22 heavy (non-hydrogen) atoms. The summed E-state index contributed by atoms with van der Waals surface area (Å²) in [6, 6.07) is 18.8. The number of benzene rings is 2. The second kappa shape index (κ2) is 8.32. The normalized spacial score (nSPS) is 10.8. The van der Waals surface area contributed by atoms with Crippen molar-refractivity contribution in [2.45, 2.75) is 6.42 Å². The van der Waals surface area contributed by atoms with Crippen LogP contribution in [0.15, 0.2) is 59.8 Å². The number of amidine groups is 1. The van der Waals surface area contributed by atoms with Crippen LogP contribution in [0.25, 0.3) is 0 Å². The summed E-state index contributed by atoms with van der Waals surface area (Å²) in [6.45, 7) is 0.656. The van der Waals surface area contributed by atoms with Crippen molar-refractivity contribution in [1.29, 1.82) is 5.26 Å². The molecule has 0 aliphatic rings. The zero-order valence-corrected chi connectivity index (χ0v) is 12.1. The zero-order valence-electron chi connectivity index (χ0n) is 12.1. The van der Waals surface area contributed by atoms with Crippen LogP contribution in [0.3, 0.4) is 0 Å². The molecule has 2 N–H and O–H groups in total. The second-order valence-corrected chi connectivity index (χ2v) is 4.56. The van der Waals surface area contributed by atoms with Gasteiger partial charge in [0.15, 0.2) is 6.61 Å². The van der Waals surface area contributed by atoms with Crippen molar-refractivity contribution >= 4 is 5.84 Å². The summed E-state index contributed by atoms with van der Waals surface area (Å²) < 4.78 is 5.46. The smallest absolute Gasteiger partial charge is 0.151 e. The van der Waals surface area contributed by atoms with E-state index < -0.39 is 0 Å². The highest BCUT2D eigenvalue weighted by Crippen LogP contribution is 2.11. The highest BCUT2D eigenvalue weighted by Gasteiger charge is 1.98. The number of nitrogens with two attached hydrogens (primary N) is 1. The minimum atomic E-state index is 0.301. The second-order valence-electron chi connectivity index (χ2n) is 4.56. The first-order valence-electron chi connectivity index (χ1n) is 6.89. The molecular weight excluding hydrogens is 278 g/mol. The third-order valence-electron chi connectivity index (χ3n) is 2.84. The highest BCUT2D eigenvalue weighted by molar-refractivity contribution is 5.82. The van der Waals surface area contributed by atoms with E-state index >= 15 is 0 Å². The molecular formula is C17H17N3O2. The fourth-order valence-corrected chi connectivity index (χ4v) is 1.79. The molecule has 2 aromatic rings. The molecule has 5 nitrogen and oxygen atoms in total. The maximum absolute atomic E-state index is 8.69. The maximum Gasteiger partial charge on any atom is 0.151 e. The Hall–Kier alpha value is -3.00. The van der Waals surface area contributed by atoms with E-state index in [9.17, 15) is 0 Å². The van der Waals surface area contributed by atoms with E-state index in [-0.39, 0.29) is 0 Å². The minimum Gasteiger partial charge on any atom is -0.490 e. The summed E-state index contributed by atoms with van der Waals surface area (Å²) in [7, 11) is 0. The van der Waals surface area contributed by atoms with Crippen LogP contribution in [0.1, 0.15) is 11.1 Å². The average molecular weight is 295 g/mol. The van der Waals surface area contributed by atoms with Gasteiger partial charge in [0.25, 0.3) is 0 Å². The van der Waals surface area contributed by atoms with E-state index in [4.69, 9.17) is 20.6 Å². The van der Waals surface area contributed by atoms with Crippen molar-refractivity contribution in [2.75, 3.05) is 13.2 Å². The van der Waals surface area contributed by atoms with Crippen LogP contribution >= 0.6 is 0 Å². The Morgan fingerprint density at radius 1 is 1.05 bits per heavy atom. The first kappa shape index (κ1) is 15.4. The van der Waals surface area contributed by atoms with Gasteiger partial charge in [-0.3, -0.25) is 0 Å². The fourth-order valence-electron chi connectivity index (χ4n) is 1.79. The predicted molar refractivity (Wildman–Crippen MR) is 84.4 cm³/mol. The van der Waals surface area contributed by atoms with E-state index in [0.29, 0.717) is 36.8 Å². The molecule has 112 valence electrons. The van der Waals surface area contributed by atoms with Gasteiger partial charge in [-0.2, -0.15) is 5.26 Å². The number of hydrogen-bond acceptors (Lipinski definition) is 4. The van der Waals surface area contributed by atoms with Crippen molar-refractivity contribution in [1.82, 2.24) is 0 Å². The molecule has 0 aliphatic carbocycles. The monoisotopic (exact) mass is 295 g/mol. The number of ether oxygens (including phenoxy) is 1. The van der Waals surface area contributed by atoms with Crippen LogP contribution in [-0.4, -0.2) is 19.0 Å². The van der Waals surface area contributed by atoms with Gasteiger partial charge < -0.3 is 15.3 Å².